The van der Waals surface area contributed by atoms with Crippen molar-refractivity contribution in [2.24, 2.45) is 0 Å². The summed E-state index contributed by atoms with van der Waals surface area (Å²) in [4.78, 5) is 0. The molecule has 0 saturated heterocycles. The van der Waals surface area contributed by atoms with Gasteiger partial charge < -0.3 is 13.4 Å². The third kappa shape index (κ3) is 2.00. The molecule has 0 saturated carbocycles. The van der Waals surface area contributed by atoms with Crippen LogP contribution in [0.4, 0.5) is 0 Å². The first-order valence-electron chi connectivity index (χ1n) is 11.0. The fraction of sp³-hybridized carbons (Fsp3) is 0.259. The first-order valence-corrected chi connectivity index (χ1v) is 11.0. The van der Waals surface area contributed by atoms with Crippen LogP contribution in [0.3, 0.4) is 0 Å². The zero-order valence-corrected chi connectivity index (χ0v) is 17.3. The molecular weight excluding hydrogens is 370 g/mol. The van der Waals surface area contributed by atoms with Gasteiger partial charge in [-0.2, -0.15) is 0 Å². The Labute approximate surface area is 174 Å². The van der Waals surface area contributed by atoms with Crippen LogP contribution < -0.4 is 0 Å². The Balaban J connectivity index is 1.65. The van der Waals surface area contributed by atoms with Crippen LogP contribution in [0.1, 0.15) is 49.1 Å². The molecular formula is C27H23NO2. The van der Waals surface area contributed by atoms with Crippen molar-refractivity contribution in [1.82, 2.24) is 4.57 Å². The monoisotopic (exact) mass is 393 g/mol. The van der Waals surface area contributed by atoms with Gasteiger partial charge in [0.25, 0.3) is 0 Å². The highest BCUT2D eigenvalue weighted by Gasteiger charge is 2.30. The highest BCUT2D eigenvalue weighted by atomic mass is 16.3. The van der Waals surface area contributed by atoms with Gasteiger partial charge in [0.1, 0.15) is 22.7 Å². The largest absolute Gasteiger partial charge is 0.460 e. The van der Waals surface area contributed by atoms with E-state index in [1.54, 1.807) is 0 Å². The van der Waals surface area contributed by atoms with Crippen molar-refractivity contribution in [2.75, 3.05) is 0 Å². The third-order valence-electron chi connectivity index (χ3n) is 6.88. The van der Waals surface area contributed by atoms with E-state index >= 15 is 0 Å². The van der Waals surface area contributed by atoms with E-state index in [1.165, 1.54) is 44.1 Å². The zero-order valence-electron chi connectivity index (χ0n) is 17.3. The van der Waals surface area contributed by atoms with E-state index in [0.29, 0.717) is 6.04 Å². The van der Waals surface area contributed by atoms with Gasteiger partial charge in [-0.15, -0.1) is 0 Å². The van der Waals surface area contributed by atoms with Crippen LogP contribution in [0.25, 0.3) is 50.0 Å². The van der Waals surface area contributed by atoms with E-state index in [4.69, 9.17) is 8.83 Å². The average Bonchev–Trinajstić information content (AvgIpc) is 3.40. The minimum Gasteiger partial charge on any atom is -0.460 e. The smallest absolute Gasteiger partial charge is 0.135 e. The molecule has 0 aliphatic heterocycles. The molecule has 0 bridgehead atoms. The molecule has 3 heteroatoms. The van der Waals surface area contributed by atoms with E-state index in [2.05, 4.69) is 67.0 Å². The van der Waals surface area contributed by atoms with E-state index in [0.717, 1.165) is 48.4 Å². The Kier molecular flexibility index (Phi) is 3.15. The van der Waals surface area contributed by atoms with Crippen molar-refractivity contribution in [3.63, 3.8) is 0 Å². The molecule has 0 spiro atoms. The topological polar surface area (TPSA) is 31.2 Å². The summed E-state index contributed by atoms with van der Waals surface area (Å²) in [5, 5.41) is 3.74. The number of rotatable bonds is 1. The van der Waals surface area contributed by atoms with Gasteiger partial charge in [0.05, 0.1) is 0 Å². The fourth-order valence-corrected chi connectivity index (χ4v) is 5.70. The van der Waals surface area contributed by atoms with Crippen molar-refractivity contribution < 1.29 is 8.83 Å². The molecule has 148 valence electrons. The molecule has 0 radical (unpaired) electrons. The van der Waals surface area contributed by atoms with Gasteiger partial charge in [-0.25, -0.2) is 0 Å². The molecule has 3 aromatic heterocycles. The number of allylic oxidation sites excluding steroid dienone is 1. The van der Waals surface area contributed by atoms with Gasteiger partial charge in [-0.1, -0.05) is 30.4 Å². The lowest BCUT2D eigenvalue weighted by Crippen LogP contribution is -2.10. The molecule has 0 amide bonds. The minimum absolute atomic E-state index is 0.395. The predicted molar refractivity (Wildman–Crippen MR) is 122 cm³/mol. The Bertz CT molecular complexity index is 1520. The van der Waals surface area contributed by atoms with Crippen LogP contribution in [-0.4, -0.2) is 4.57 Å². The van der Waals surface area contributed by atoms with Crippen LogP contribution in [0, 0.1) is 0 Å². The summed E-state index contributed by atoms with van der Waals surface area (Å²) in [5.74, 6) is 2.24. The molecule has 0 unspecified atom stereocenters. The molecule has 2 aromatic carbocycles. The number of aryl methyl sites for hydroxylation is 2. The highest BCUT2D eigenvalue weighted by Crippen LogP contribution is 2.48. The van der Waals surface area contributed by atoms with Gasteiger partial charge in [0, 0.05) is 62.9 Å². The lowest BCUT2D eigenvalue weighted by Gasteiger charge is -2.18. The molecule has 30 heavy (non-hydrogen) atoms. The lowest BCUT2D eigenvalue weighted by atomic mass is 9.91. The van der Waals surface area contributed by atoms with Gasteiger partial charge in [-0.05, 0) is 44.9 Å². The summed E-state index contributed by atoms with van der Waals surface area (Å²) < 4.78 is 15.2. The number of fused-ring (bicyclic) bond motifs is 10. The Morgan fingerprint density at radius 2 is 1.70 bits per heavy atom. The summed E-state index contributed by atoms with van der Waals surface area (Å²) >= 11 is 0. The van der Waals surface area contributed by atoms with Gasteiger partial charge in [-0.3, -0.25) is 0 Å². The number of hydrogen-bond acceptors (Lipinski definition) is 2. The highest BCUT2D eigenvalue weighted by molar-refractivity contribution is 6.11. The number of aromatic nitrogens is 1. The van der Waals surface area contributed by atoms with E-state index in [-0.39, 0.29) is 0 Å². The van der Waals surface area contributed by atoms with Crippen molar-refractivity contribution >= 4 is 38.9 Å². The molecule has 0 fully saturated rings. The summed E-state index contributed by atoms with van der Waals surface area (Å²) in [5.41, 5.74) is 8.62. The SMILES string of the molecule is CC(C)n1c2c(c3cc4oc5c(c4cc31)C=CCC5)-c1c(oc3ccccc13)CC2. The third-order valence-corrected chi connectivity index (χ3v) is 6.88. The normalized spacial score (nSPS) is 15.3. The van der Waals surface area contributed by atoms with Crippen LogP contribution in [0.15, 0.2) is 51.3 Å². The fourth-order valence-electron chi connectivity index (χ4n) is 5.70. The molecule has 0 atom stereocenters. The molecule has 2 aliphatic rings. The van der Waals surface area contributed by atoms with E-state index < -0.39 is 0 Å². The van der Waals surface area contributed by atoms with E-state index in [9.17, 15) is 0 Å². The van der Waals surface area contributed by atoms with Gasteiger partial charge in [0.2, 0.25) is 0 Å². The number of benzene rings is 2. The summed E-state index contributed by atoms with van der Waals surface area (Å²) in [6.07, 6.45) is 8.51. The first kappa shape index (κ1) is 16.6. The minimum atomic E-state index is 0.395. The molecule has 3 heterocycles. The maximum atomic E-state index is 6.33. The molecule has 3 nitrogen and oxygen atoms in total. The summed E-state index contributed by atoms with van der Waals surface area (Å²) in [6.45, 7) is 4.58. The van der Waals surface area contributed by atoms with Crippen molar-refractivity contribution in [3.05, 3.63) is 65.3 Å². The maximum Gasteiger partial charge on any atom is 0.135 e. The number of furan rings is 2. The van der Waals surface area contributed by atoms with Crippen LogP contribution in [0.2, 0.25) is 0 Å². The molecule has 0 N–H and O–H groups in total. The Hall–Kier alpha value is -3.20. The molecule has 7 rings (SSSR count). The van der Waals surface area contributed by atoms with Gasteiger partial charge in [0.15, 0.2) is 0 Å². The van der Waals surface area contributed by atoms with Crippen molar-refractivity contribution in [1.29, 1.82) is 0 Å². The van der Waals surface area contributed by atoms with E-state index in [1.807, 2.05) is 0 Å². The maximum absolute atomic E-state index is 6.33. The van der Waals surface area contributed by atoms with Crippen LogP contribution in [-0.2, 0) is 19.3 Å². The standard InChI is InChI=1S/C27H23NO2/c1-15(2)28-20-11-12-24-27(17-8-4-6-10-23(17)29-24)26(20)19-14-25-18(13-21(19)28)16-7-3-5-9-22(16)30-25/h3-4,6-8,10,13-15H,5,9,11-12H2,1-2H3. The number of nitrogens with zero attached hydrogens (tertiary/aromatic N) is 1. The quantitative estimate of drug-likeness (QED) is 0.296. The van der Waals surface area contributed by atoms with Crippen molar-refractivity contribution in [2.45, 2.75) is 45.6 Å². The second-order valence-corrected chi connectivity index (χ2v) is 8.93. The molecule has 2 aliphatic carbocycles. The second-order valence-electron chi connectivity index (χ2n) is 8.93. The second kappa shape index (κ2) is 5.69. The van der Waals surface area contributed by atoms with Gasteiger partial charge >= 0.3 is 0 Å². The molecule has 5 aromatic rings. The Morgan fingerprint density at radius 1 is 0.833 bits per heavy atom. The number of para-hydroxylation sites is 1. The van der Waals surface area contributed by atoms with Crippen LogP contribution in [0.5, 0.6) is 0 Å². The Morgan fingerprint density at radius 3 is 2.60 bits per heavy atom. The predicted octanol–water partition coefficient (Wildman–Crippen LogP) is 7.44. The number of hydrogen-bond donors (Lipinski definition) is 0. The lowest BCUT2D eigenvalue weighted by molar-refractivity contribution is 0.531. The van der Waals surface area contributed by atoms with Crippen LogP contribution >= 0.6 is 0 Å². The van der Waals surface area contributed by atoms with Crippen molar-refractivity contribution in [3.8, 4) is 11.1 Å². The summed E-state index contributed by atoms with van der Waals surface area (Å²) in [7, 11) is 0. The average molecular weight is 393 g/mol. The zero-order chi connectivity index (χ0) is 20.0. The first-order chi connectivity index (χ1) is 14.7. The summed E-state index contributed by atoms with van der Waals surface area (Å²) in [6, 6.07) is 13.5.